The standard InChI is InChI=1S/C14H17N3O/c1-11(12-6-3-4-7-13(12)18-2)17-10-14-15-8-5-9-16-14/h3-9,11,17H,10H2,1-2H3/t11-/m0/s1. The number of methoxy groups -OCH3 is 1. The van der Waals surface area contributed by atoms with Crippen LogP contribution in [0.15, 0.2) is 42.7 Å². The fourth-order valence-electron chi connectivity index (χ4n) is 1.80. The van der Waals surface area contributed by atoms with Gasteiger partial charge in [0.25, 0.3) is 0 Å². The van der Waals surface area contributed by atoms with Crippen molar-refractivity contribution < 1.29 is 4.74 Å². The Kier molecular flexibility index (Phi) is 4.25. The van der Waals surface area contributed by atoms with Crippen molar-refractivity contribution in [2.45, 2.75) is 19.5 Å². The minimum atomic E-state index is 0.185. The Morgan fingerprint density at radius 2 is 1.89 bits per heavy atom. The van der Waals surface area contributed by atoms with Crippen LogP contribution in [0.25, 0.3) is 0 Å². The molecule has 0 radical (unpaired) electrons. The summed E-state index contributed by atoms with van der Waals surface area (Å²) in [4.78, 5) is 8.36. The zero-order valence-electron chi connectivity index (χ0n) is 10.6. The van der Waals surface area contributed by atoms with Crippen LogP contribution >= 0.6 is 0 Å². The Bertz CT molecular complexity index is 487. The summed E-state index contributed by atoms with van der Waals surface area (Å²) in [5, 5.41) is 3.38. The van der Waals surface area contributed by atoms with Gasteiger partial charge in [0.15, 0.2) is 0 Å². The van der Waals surface area contributed by atoms with Crippen LogP contribution in [0.2, 0.25) is 0 Å². The lowest BCUT2D eigenvalue weighted by Crippen LogP contribution is -2.20. The molecule has 1 N–H and O–H groups in total. The lowest BCUT2D eigenvalue weighted by Gasteiger charge is -2.16. The SMILES string of the molecule is COc1ccccc1[C@H](C)NCc1ncccn1. The molecule has 0 aliphatic rings. The highest BCUT2D eigenvalue weighted by Crippen LogP contribution is 2.24. The number of hydrogen-bond donors (Lipinski definition) is 1. The molecule has 1 atom stereocenters. The number of aromatic nitrogens is 2. The molecule has 0 saturated carbocycles. The molecule has 1 aromatic heterocycles. The van der Waals surface area contributed by atoms with Gasteiger partial charge in [0.2, 0.25) is 0 Å². The van der Waals surface area contributed by atoms with Gasteiger partial charge in [0.1, 0.15) is 11.6 Å². The van der Waals surface area contributed by atoms with E-state index in [1.807, 2.05) is 24.3 Å². The average molecular weight is 243 g/mol. The topological polar surface area (TPSA) is 47.0 Å². The second-order valence-corrected chi connectivity index (χ2v) is 4.01. The van der Waals surface area contributed by atoms with Crippen molar-refractivity contribution in [1.82, 2.24) is 15.3 Å². The highest BCUT2D eigenvalue weighted by Gasteiger charge is 2.10. The van der Waals surface area contributed by atoms with Crippen molar-refractivity contribution in [2.75, 3.05) is 7.11 Å². The largest absolute Gasteiger partial charge is 0.496 e. The van der Waals surface area contributed by atoms with Crippen LogP contribution in [0.1, 0.15) is 24.4 Å². The molecule has 2 rings (SSSR count). The number of nitrogens with one attached hydrogen (secondary N) is 1. The maximum atomic E-state index is 5.35. The Hall–Kier alpha value is -1.94. The van der Waals surface area contributed by atoms with Gasteiger partial charge in [-0.3, -0.25) is 0 Å². The molecule has 1 heterocycles. The van der Waals surface area contributed by atoms with Gasteiger partial charge in [-0.25, -0.2) is 9.97 Å². The molecular weight excluding hydrogens is 226 g/mol. The second kappa shape index (κ2) is 6.12. The lowest BCUT2D eigenvalue weighted by molar-refractivity contribution is 0.401. The first kappa shape index (κ1) is 12.5. The predicted octanol–water partition coefficient (Wildman–Crippen LogP) is 2.34. The number of nitrogens with zero attached hydrogens (tertiary/aromatic N) is 2. The van der Waals surface area contributed by atoms with Crippen molar-refractivity contribution in [3.05, 3.63) is 54.1 Å². The molecular formula is C14H17N3O. The van der Waals surface area contributed by atoms with Gasteiger partial charge in [-0.1, -0.05) is 18.2 Å². The number of hydrogen-bond acceptors (Lipinski definition) is 4. The fraction of sp³-hybridized carbons (Fsp3) is 0.286. The third kappa shape index (κ3) is 3.05. The molecule has 0 bridgehead atoms. The maximum absolute atomic E-state index is 5.35. The van der Waals surface area contributed by atoms with Crippen LogP contribution in [0.3, 0.4) is 0 Å². The molecule has 0 saturated heterocycles. The van der Waals surface area contributed by atoms with Gasteiger partial charge in [-0.15, -0.1) is 0 Å². The van der Waals surface area contributed by atoms with E-state index in [1.165, 1.54) is 0 Å². The molecule has 4 nitrogen and oxygen atoms in total. The van der Waals surface area contributed by atoms with Gasteiger partial charge in [-0.2, -0.15) is 0 Å². The Balaban J connectivity index is 2.01. The summed E-state index contributed by atoms with van der Waals surface area (Å²) < 4.78 is 5.35. The minimum absolute atomic E-state index is 0.185. The van der Waals surface area contributed by atoms with Crippen LogP contribution in [-0.4, -0.2) is 17.1 Å². The quantitative estimate of drug-likeness (QED) is 0.875. The summed E-state index contributed by atoms with van der Waals surface area (Å²) in [7, 11) is 1.69. The molecule has 0 spiro atoms. The zero-order valence-corrected chi connectivity index (χ0v) is 10.6. The summed E-state index contributed by atoms with van der Waals surface area (Å²) in [6.45, 7) is 2.74. The third-order valence-electron chi connectivity index (χ3n) is 2.79. The van der Waals surface area contributed by atoms with E-state index in [4.69, 9.17) is 4.74 Å². The minimum Gasteiger partial charge on any atom is -0.496 e. The van der Waals surface area contributed by atoms with Crippen LogP contribution in [0.4, 0.5) is 0 Å². The van der Waals surface area contributed by atoms with Crippen molar-refractivity contribution in [3.63, 3.8) is 0 Å². The molecule has 18 heavy (non-hydrogen) atoms. The van der Waals surface area contributed by atoms with Crippen LogP contribution in [0.5, 0.6) is 5.75 Å². The maximum Gasteiger partial charge on any atom is 0.141 e. The molecule has 2 aromatic rings. The van der Waals surface area contributed by atoms with Gasteiger partial charge >= 0.3 is 0 Å². The van der Waals surface area contributed by atoms with Gasteiger partial charge < -0.3 is 10.1 Å². The molecule has 0 aliphatic heterocycles. The van der Waals surface area contributed by atoms with Crippen LogP contribution in [0, 0.1) is 0 Å². The highest BCUT2D eigenvalue weighted by molar-refractivity contribution is 5.35. The van der Waals surface area contributed by atoms with E-state index in [2.05, 4.69) is 28.3 Å². The number of rotatable bonds is 5. The predicted molar refractivity (Wildman–Crippen MR) is 70.3 cm³/mol. The van der Waals surface area contributed by atoms with E-state index in [0.29, 0.717) is 6.54 Å². The number of benzene rings is 1. The Morgan fingerprint density at radius 3 is 2.61 bits per heavy atom. The number of para-hydroxylation sites is 1. The van der Waals surface area contributed by atoms with E-state index in [9.17, 15) is 0 Å². The molecule has 0 aliphatic carbocycles. The van der Waals surface area contributed by atoms with Crippen molar-refractivity contribution in [1.29, 1.82) is 0 Å². The summed E-state index contributed by atoms with van der Waals surface area (Å²) in [5.41, 5.74) is 1.14. The van der Waals surface area contributed by atoms with E-state index < -0.39 is 0 Å². The monoisotopic (exact) mass is 243 g/mol. The first-order valence-corrected chi connectivity index (χ1v) is 5.93. The van der Waals surface area contributed by atoms with E-state index >= 15 is 0 Å². The summed E-state index contributed by atoms with van der Waals surface area (Å²) in [6, 6.07) is 10.00. The first-order chi connectivity index (χ1) is 8.81. The van der Waals surface area contributed by atoms with Crippen LogP contribution < -0.4 is 10.1 Å². The van der Waals surface area contributed by atoms with Crippen LogP contribution in [-0.2, 0) is 6.54 Å². The summed E-state index contributed by atoms with van der Waals surface area (Å²) >= 11 is 0. The van der Waals surface area contributed by atoms with Crippen molar-refractivity contribution in [3.8, 4) is 5.75 Å². The fourth-order valence-corrected chi connectivity index (χ4v) is 1.80. The third-order valence-corrected chi connectivity index (χ3v) is 2.79. The molecule has 4 heteroatoms. The Morgan fingerprint density at radius 1 is 1.17 bits per heavy atom. The zero-order chi connectivity index (χ0) is 12.8. The number of ether oxygens (including phenoxy) is 1. The molecule has 0 amide bonds. The average Bonchev–Trinajstić information content (AvgIpc) is 2.45. The van der Waals surface area contributed by atoms with E-state index in [0.717, 1.165) is 17.1 Å². The van der Waals surface area contributed by atoms with Crippen molar-refractivity contribution >= 4 is 0 Å². The normalized spacial score (nSPS) is 12.1. The molecule has 94 valence electrons. The summed E-state index contributed by atoms with van der Waals surface area (Å²) in [5.74, 6) is 1.69. The van der Waals surface area contributed by atoms with Gasteiger partial charge in [0.05, 0.1) is 13.7 Å². The second-order valence-electron chi connectivity index (χ2n) is 4.01. The highest BCUT2D eigenvalue weighted by atomic mass is 16.5. The van der Waals surface area contributed by atoms with E-state index in [-0.39, 0.29) is 6.04 Å². The smallest absolute Gasteiger partial charge is 0.141 e. The first-order valence-electron chi connectivity index (χ1n) is 5.93. The van der Waals surface area contributed by atoms with Gasteiger partial charge in [-0.05, 0) is 19.1 Å². The summed E-state index contributed by atoms with van der Waals surface area (Å²) in [6.07, 6.45) is 3.50. The van der Waals surface area contributed by atoms with E-state index in [1.54, 1.807) is 19.5 Å². The molecule has 0 unspecified atom stereocenters. The Labute approximate surface area is 107 Å². The lowest BCUT2D eigenvalue weighted by atomic mass is 10.1. The molecule has 0 fully saturated rings. The van der Waals surface area contributed by atoms with Gasteiger partial charge in [0, 0.05) is 24.0 Å². The van der Waals surface area contributed by atoms with Crippen molar-refractivity contribution in [2.24, 2.45) is 0 Å². The molecule has 1 aromatic carbocycles.